The van der Waals surface area contributed by atoms with Crippen LogP contribution in [0.25, 0.3) is 20.2 Å². The van der Waals surface area contributed by atoms with Crippen LogP contribution in [-0.2, 0) is 31.2 Å². The van der Waals surface area contributed by atoms with Crippen LogP contribution in [-0.4, -0.2) is 34.0 Å². The van der Waals surface area contributed by atoms with E-state index in [9.17, 15) is 33.1 Å². The van der Waals surface area contributed by atoms with E-state index in [2.05, 4.69) is 0 Å². The lowest BCUT2D eigenvalue weighted by Gasteiger charge is -2.09. The van der Waals surface area contributed by atoms with Crippen LogP contribution in [0.1, 0.15) is 62.3 Å². The molecule has 0 atom stereocenters. The molecule has 0 radical (unpaired) electrons. The van der Waals surface area contributed by atoms with Crippen molar-refractivity contribution >= 4 is 66.6 Å². The monoisotopic (exact) mass is 888 g/mol. The molecule has 6 N–H and O–H groups in total. The Bertz CT molecular complexity index is 2850. The number of aromatic carboxylic acids is 1. The van der Waals surface area contributed by atoms with Crippen LogP contribution in [0.2, 0.25) is 0 Å². The number of rotatable bonds is 13. The molecular formula is C48H38F2N2O9S2. The van der Waals surface area contributed by atoms with Gasteiger partial charge >= 0.3 is 11.9 Å². The quantitative estimate of drug-likeness (QED) is 0.0818. The molecule has 2 aromatic heterocycles. The second-order valence-corrected chi connectivity index (χ2v) is 15.5. The Balaban J connectivity index is 0.000000182. The first kappa shape index (κ1) is 45.1. The SMILES string of the molecule is NC(=O)c1ccc(OCc2c(C(=O)O)sc3cccc(F)c23)cc1.NC(=O)c1ccc(OCc2c(C(=O)OCc3ccccc3)sc3cccc(F)c23)cc1.OCc1ccccc1. The normalized spacial score (nSPS) is 10.5. The highest BCUT2D eigenvalue weighted by Gasteiger charge is 2.23. The average Bonchev–Trinajstić information content (AvgIpc) is 3.88. The third-order valence-corrected chi connectivity index (χ3v) is 11.6. The number of carboxylic acid groups (broad SMARTS) is 1. The van der Waals surface area contributed by atoms with Crippen molar-refractivity contribution in [2.45, 2.75) is 26.4 Å². The predicted octanol–water partition coefficient (Wildman–Crippen LogP) is 9.67. The molecular weight excluding hydrogens is 851 g/mol. The number of carbonyl (C=O) groups is 4. The van der Waals surface area contributed by atoms with Gasteiger partial charge in [0.25, 0.3) is 0 Å². The topological polar surface area (TPSA) is 188 Å². The molecule has 320 valence electrons. The molecule has 0 unspecified atom stereocenters. The van der Waals surface area contributed by atoms with Crippen molar-refractivity contribution in [1.29, 1.82) is 0 Å². The molecule has 6 aromatic carbocycles. The summed E-state index contributed by atoms with van der Waals surface area (Å²) in [6, 6.07) is 40.4. The third-order valence-electron chi connectivity index (χ3n) is 9.19. The number of carboxylic acids is 1. The minimum absolute atomic E-state index is 0.0351. The smallest absolute Gasteiger partial charge is 0.349 e. The average molecular weight is 889 g/mol. The minimum atomic E-state index is -1.13. The zero-order valence-electron chi connectivity index (χ0n) is 33.2. The standard InChI is InChI=1S/C24H18FNO4S.C17H12FNO4S.C7H8O/c25-19-7-4-8-20-21(19)18(14-29-17-11-9-16(10-12-17)23(26)27)22(31-20)24(28)30-13-15-5-2-1-3-6-15;18-12-2-1-3-13-14(12)11(15(24-13)17(21)22)8-23-10-6-4-9(5-7-10)16(19)20;8-6-7-4-2-1-3-5-7/h1-12H,13-14H2,(H2,26,27);1-7H,8H2,(H2,19,20)(H,21,22);1-5,8H,6H2. The van der Waals surface area contributed by atoms with Crippen LogP contribution in [0.3, 0.4) is 0 Å². The van der Waals surface area contributed by atoms with E-state index in [0.29, 0.717) is 53.4 Å². The molecule has 15 heteroatoms. The maximum absolute atomic E-state index is 14.6. The zero-order chi connectivity index (χ0) is 44.9. The van der Waals surface area contributed by atoms with Crippen LogP contribution in [0, 0.1) is 11.6 Å². The number of primary amides is 2. The van der Waals surface area contributed by atoms with Gasteiger partial charge in [-0.05, 0) is 83.9 Å². The Hall–Kier alpha value is -7.46. The maximum atomic E-state index is 14.6. The first-order chi connectivity index (χ1) is 30.4. The Morgan fingerprint density at radius 3 is 1.37 bits per heavy atom. The lowest BCUT2D eigenvalue weighted by Crippen LogP contribution is -2.10. The number of fused-ring (bicyclic) bond motifs is 2. The summed E-state index contributed by atoms with van der Waals surface area (Å²) in [7, 11) is 0. The van der Waals surface area contributed by atoms with Gasteiger partial charge in [0.05, 0.1) is 6.61 Å². The van der Waals surface area contributed by atoms with Crippen LogP contribution in [0.5, 0.6) is 11.5 Å². The lowest BCUT2D eigenvalue weighted by atomic mass is 10.1. The summed E-state index contributed by atoms with van der Waals surface area (Å²) in [4.78, 5) is 46.8. The Kier molecular flexibility index (Phi) is 15.3. The van der Waals surface area contributed by atoms with Crippen LogP contribution >= 0.6 is 22.7 Å². The van der Waals surface area contributed by atoms with E-state index >= 15 is 0 Å². The van der Waals surface area contributed by atoms with Gasteiger partial charge in [-0.2, -0.15) is 0 Å². The largest absolute Gasteiger partial charge is 0.489 e. The molecule has 0 aliphatic carbocycles. The molecule has 0 aliphatic heterocycles. The third kappa shape index (κ3) is 11.7. The summed E-state index contributed by atoms with van der Waals surface area (Å²) < 4.78 is 46.7. The second-order valence-electron chi connectivity index (χ2n) is 13.4. The Morgan fingerprint density at radius 2 is 0.952 bits per heavy atom. The van der Waals surface area contributed by atoms with Crippen molar-refractivity contribution in [3.63, 3.8) is 0 Å². The van der Waals surface area contributed by atoms with E-state index in [1.54, 1.807) is 54.6 Å². The summed E-state index contributed by atoms with van der Waals surface area (Å²) in [5, 5.41) is 18.5. The number of ether oxygens (including phenoxy) is 3. The molecule has 0 saturated heterocycles. The zero-order valence-corrected chi connectivity index (χ0v) is 34.8. The number of aliphatic hydroxyl groups is 1. The number of halogens is 2. The second kappa shape index (κ2) is 21.4. The highest BCUT2D eigenvalue weighted by molar-refractivity contribution is 7.21. The van der Waals surface area contributed by atoms with Gasteiger partial charge < -0.3 is 35.9 Å². The summed E-state index contributed by atoms with van der Waals surface area (Å²) in [6.07, 6.45) is 0. The van der Waals surface area contributed by atoms with Crippen molar-refractivity contribution in [3.05, 3.63) is 200 Å². The first-order valence-electron chi connectivity index (χ1n) is 19.0. The molecule has 2 amide bonds. The molecule has 0 saturated carbocycles. The molecule has 63 heavy (non-hydrogen) atoms. The van der Waals surface area contributed by atoms with Gasteiger partial charge in [-0.3, -0.25) is 9.59 Å². The van der Waals surface area contributed by atoms with Crippen molar-refractivity contribution in [1.82, 2.24) is 0 Å². The van der Waals surface area contributed by atoms with E-state index in [1.807, 2.05) is 60.7 Å². The van der Waals surface area contributed by atoms with E-state index in [-0.39, 0.29) is 36.7 Å². The van der Waals surface area contributed by atoms with Crippen molar-refractivity contribution in [2.24, 2.45) is 11.5 Å². The summed E-state index contributed by atoms with van der Waals surface area (Å²) in [5.41, 5.74) is 13.6. The fourth-order valence-electron chi connectivity index (χ4n) is 6.06. The number of aliphatic hydroxyl groups excluding tert-OH is 1. The number of amides is 2. The molecule has 8 aromatic rings. The van der Waals surface area contributed by atoms with Gasteiger partial charge in [0.15, 0.2) is 0 Å². The Morgan fingerprint density at radius 1 is 0.524 bits per heavy atom. The van der Waals surface area contributed by atoms with Gasteiger partial charge in [0.1, 0.15) is 52.7 Å². The van der Waals surface area contributed by atoms with Crippen molar-refractivity contribution < 1.29 is 52.4 Å². The number of hydrogen-bond donors (Lipinski definition) is 4. The molecule has 0 bridgehead atoms. The fourth-order valence-corrected chi connectivity index (χ4v) is 8.24. The number of hydrogen-bond acceptors (Lipinski definition) is 10. The van der Waals surface area contributed by atoms with Gasteiger partial charge in [-0.15, -0.1) is 22.7 Å². The number of carbonyl (C=O) groups excluding carboxylic acids is 3. The molecule has 0 aliphatic rings. The lowest BCUT2D eigenvalue weighted by molar-refractivity contribution is 0.0475. The van der Waals surface area contributed by atoms with Gasteiger partial charge in [-0.25, -0.2) is 18.4 Å². The van der Waals surface area contributed by atoms with Crippen LogP contribution in [0.4, 0.5) is 8.78 Å². The molecule has 8 rings (SSSR count). The molecule has 11 nitrogen and oxygen atoms in total. The van der Waals surface area contributed by atoms with Crippen molar-refractivity contribution in [2.75, 3.05) is 0 Å². The van der Waals surface area contributed by atoms with E-state index in [1.165, 1.54) is 41.7 Å². The van der Waals surface area contributed by atoms with E-state index in [4.69, 9.17) is 30.8 Å². The first-order valence-corrected chi connectivity index (χ1v) is 20.6. The predicted molar refractivity (Wildman–Crippen MR) is 237 cm³/mol. The van der Waals surface area contributed by atoms with Gasteiger partial charge in [0.2, 0.25) is 11.8 Å². The molecule has 0 fully saturated rings. The summed E-state index contributed by atoms with van der Waals surface area (Å²) in [5.74, 6) is -2.79. The number of benzene rings is 6. The van der Waals surface area contributed by atoms with Crippen LogP contribution < -0.4 is 20.9 Å². The minimum Gasteiger partial charge on any atom is -0.489 e. The van der Waals surface area contributed by atoms with Gasteiger partial charge in [0, 0.05) is 42.4 Å². The highest BCUT2D eigenvalue weighted by Crippen LogP contribution is 2.36. The number of thiophene rings is 2. The van der Waals surface area contributed by atoms with Crippen LogP contribution in [0.15, 0.2) is 146 Å². The number of nitrogens with two attached hydrogens (primary N) is 2. The fraction of sp³-hybridized carbons (Fsp3) is 0.0833. The summed E-state index contributed by atoms with van der Waals surface area (Å²) >= 11 is 2.17. The van der Waals surface area contributed by atoms with E-state index < -0.39 is 35.4 Å². The summed E-state index contributed by atoms with van der Waals surface area (Å²) in [6.45, 7) is 0.122. The number of esters is 1. The molecule has 0 spiro atoms. The van der Waals surface area contributed by atoms with E-state index in [0.717, 1.165) is 22.5 Å². The molecule has 2 heterocycles. The maximum Gasteiger partial charge on any atom is 0.349 e. The Labute approximate surface area is 367 Å². The van der Waals surface area contributed by atoms with Gasteiger partial charge in [-0.1, -0.05) is 72.8 Å². The highest BCUT2D eigenvalue weighted by atomic mass is 32.1. The van der Waals surface area contributed by atoms with Crippen molar-refractivity contribution in [3.8, 4) is 11.5 Å².